The lowest BCUT2D eigenvalue weighted by Crippen LogP contribution is -2.23. The van der Waals surface area contributed by atoms with Crippen molar-refractivity contribution in [3.63, 3.8) is 0 Å². The summed E-state index contributed by atoms with van der Waals surface area (Å²) in [6.45, 7) is 8.36. The molecule has 1 N–H and O–H groups in total. The summed E-state index contributed by atoms with van der Waals surface area (Å²) < 4.78 is 0. The predicted molar refractivity (Wildman–Crippen MR) is 80.2 cm³/mol. The molecule has 0 fully saturated rings. The fourth-order valence-electron chi connectivity index (χ4n) is 2.06. The molecule has 2 aromatic carbocycles. The summed E-state index contributed by atoms with van der Waals surface area (Å²) in [5, 5.41) is 5.33. The Hall–Kier alpha value is -2.02. The van der Waals surface area contributed by atoms with Gasteiger partial charge in [-0.05, 0) is 53.6 Å². The van der Waals surface area contributed by atoms with E-state index >= 15 is 0 Å². The van der Waals surface area contributed by atoms with Gasteiger partial charge in [-0.2, -0.15) is 0 Å². The van der Waals surface area contributed by atoms with Crippen LogP contribution in [0.1, 0.15) is 16.7 Å². The first-order chi connectivity index (χ1) is 8.60. The third kappa shape index (κ3) is 2.62. The predicted octanol–water partition coefficient (Wildman–Crippen LogP) is 2.58. The molecule has 0 amide bonds. The molecule has 0 bridgehead atoms. The van der Waals surface area contributed by atoms with Gasteiger partial charge in [-0.25, -0.2) is 0 Å². The Morgan fingerprint density at radius 3 is 2.44 bits per heavy atom. The van der Waals surface area contributed by atoms with Crippen LogP contribution in [-0.4, -0.2) is 7.05 Å². The number of rotatable bonds is 2. The van der Waals surface area contributed by atoms with Gasteiger partial charge in [-0.1, -0.05) is 36.4 Å². The lowest BCUT2D eigenvalue weighted by Gasteiger charge is -2.03. The van der Waals surface area contributed by atoms with E-state index in [2.05, 4.69) is 68.2 Å². The van der Waals surface area contributed by atoms with Crippen molar-refractivity contribution in [2.75, 3.05) is 12.4 Å². The second-order valence-corrected chi connectivity index (χ2v) is 4.67. The second-order valence-electron chi connectivity index (χ2n) is 4.67. The first kappa shape index (κ1) is 12.4. The quantitative estimate of drug-likeness (QED) is 0.846. The fraction of sp³-hybridized carbons (Fsp3) is 0.176. The third-order valence-electron chi connectivity index (χ3n) is 3.17. The molecule has 0 unspecified atom stereocenters. The summed E-state index contributed by atoms with van der Waals surface area (Å²) in [5.41, 5.74) is 4.94. The molecule has 0 aromatic heterocycles. The van der Waals surface area contributed by atoms with E-state index in [1.165, 1.54) is 21.9 Å². The van der Waals surface area contributed by atoms with Crippen molar-refractivity contribution in [1.82, 2.24) is 0 Å². The van der Waals surface area contributed by atoms with Gasteiger partial charge >= 0.3 is 0 Å². The zero-order valence-electron chi connectivity index (χ0n) is 11.2. The zero-order chi connectivity index (χ0) is 13.1. The van der Waals surface area contributed by atoms with E-state index in [0.29, 0.717) is 0 Å². The van der Waals surface area contributed by atoms with Gasteiger partial charge in [-0.3, -0.25) is 0 Å². The molecule has 0 aliphatic rings. The highest BCUT2D eigenvalue weighted by Crippen LogP contribution is 2.10. The third-order valence-corrected chi connectivity index (χ3v) is 3.17. The van der Waals surface area contributed by atoms with Gasteiger partial charge in [0.1, 0.15) is 0 Å². The summed E-state index contributed by atoms with van der Waals surface area (Å²) in [6, 6.07) is 12.8. The first-order valence-electron chi connectivity index (χ1n) is 6.16. The number of hydrogen-bond donors (Lipinski definition) is 1. The lowest BCUT2D eigenvalue weighted by atomic mass is 10.0. The summed E-state index contributed by atoms with van der Waals surface area (Å²) in [5.74, 6) is 0. The molecule has 92 valence electrons. The van der Waals surface area contributed by atoms with Crippen molar-refractivity contribution in [3.05, 3.63) is 63.5 Å². The van der Waals surface area contributed by atoms with Gasteiger partial charge in [-0.15, -0.1) is 0 Å². The Kier molecular flexibility index (Phi) is 3.52. The Morgan fingerprint density at radius 2 is 1.83 bits per heavy atom. The SMILES string of the molecule is C=c1cc(NC)cc/c1=C/c1ccc(C)cc1C. The van der Waals surface area contributed by atoms with E-state index in [1.54, 1.807) is 0 Å². The van der Waals surface area contributed by atoms with Gasteiger partial charge in [0.25, 0.3) is 0 Å². The van der Waals surface area contributed by atoms with Crippen molar-refractivity contribution in [3.8, 4) is 0 Å². The van der Waals surface area contributed by atoms with Gasteiger partial charge in [0.15, 0.2) is 0 Å². The molecule has 0 atom stereocenters. The number of aryl methyl sites for hydroxylation is 2. The molecule has 1 nitrogen and oxygen atoms in total. The van der Waals surface area contributed by atoms with Gasteiger partial charge in [0.2, 0.25) is 0 Å². The van der Waals surface area contributed by atoms with E-state index in [1.807, 2.05) is 7.05 Å². The molecule has 18 heavy (non-hydrogen) atoms. The molecule has 2 rings (SSSR count). The summed E-state index contributed by atoms with van der Waals surface area (Å²) in [4.78, 5) is 0. The molecule has 0 aliphatic heterocycles. The van der Waals surface area contributed by atoms with Crippen molar-refractivity contribution in [2.24, 2.45) is 0 Å². The van der Waals surface area contributed by atoms with E-state index in [9.17, 15) is 0 Å². The molecule has 0 spiro atoms. The van der Waals surface area contributed by atoms with Gasteiger partial charge in [0, 0.05) is 12.7 Å². The number of nitrogens with one attached hydrogen (secondary N) is 1. The van der Waals surface area contributed by atoms with Crippen LogP contribution in [0.2, 0.25) is 0 Å². The van der Waals surface area contributed by atoms with Crippen molar-refractivity contribution in [2.45, 2.75) is 13.8 Å². The van der Waals surface area contributed by atoms with Crippen LogP contribution in [0.15, 0.2) is 36.4 Å². The molecule has 0 saturated heterocycles. The zero-order valence-corrected chi connectivity index (χ0v) is 11.2. The average Bonchev–Trinajstić information content (AvgIpc) is 2.34. The fourth-order valence-corrected chi connectivity index (χ4v) is 2.06. The molecule has 0 saturated carbocycles. The van der Waals surface area contributed by atoms with Gasteiger partial charge in [0.05, 0.1) is 0 Å². The number of benzene rings is 2. The van der Waals surface area contributed by atoms with Crippen LogP contribution in [0.4, 0.5) is 5.69 Å². The minimum atomic E-state index is 1.04. The summed E-state index contributed by atoms with van der Waals surface area (Å²) in [7, 11) is 1.92. The topological polar surface area (TPSA) is 12.0 Å². The largest absolute Gasteiger partial charge is 0.388 e. The highest BCUT2D eigenvalue weighted by Gasteiger charge is 1.95. The van der Waals surface area contributed by atoms with Crippen LogP contribution in [0.25, 0.3) is 12.7 Å². The smallest absolute Gasteiger partial charge is 0.0343 e. The van der Waals surface area contributed by atoms with E-state index in [4.69, 9.17) is 0 Å². The molecule has 0 radical (unpaired) electrons. The van der Waals surface area contributed by atoms with Crippen LogP contribution >= 0.6 is 0 Å². The molecule has 0 aliphatic carbocycles. The van der Waals surface area contributed by atoms with Crippen LogP contribution in [0.5, 0.6) is 0 Å². The van der Waals surface area contributed by atoms with E-state index in [0.717, 1.165) is 10.9 Å². The minimum Gasteiger partial charge on any atom is -0.388 e. The molecule has 2 aromatic rings. The Bertz CT molecular complexity index is 668. The maximum atomic E-state index is 4.10. The van der Waals surface area contributed by atoms with E-state index < -0.39 is 0 Å². The van der Waals surface area contributed by atoms with Gasteiger partial charge < -0.3 is 5.32 Å². The number of anilines is 1. The summed E-state index contributed by atoms with van der Waals surface area (Å²) in [6.07, 6.45) is 2.19. The van der Waals surface area contributed by atoms with Crippen molar-refractivity contribution < 1.29 is 0 Å². The Balaban J connectivity index is 2.54. The molecule has 1 heteroatoms. The highest BCUT2D eigenvalue weighted by atomic mass is 14.8. The Labute approximate surface area is 108 Å². The average molecular weight is 237 g/mol. The number of hydrogen-bond acceptors (Lipinski definition) is 1. The maximum absolute atomic E-state index is 4.10. The Morgan fingerprint density at radius 1 is 1.06 bits per heavy atom. The van der Waals surface area contributed by atoms with Crippen LogP contribution in [0.3, 0.4) is 0 Å². The molecular formula is C17H19N. The van der Waals surface area contributed by atoms with Crippen LogP contribution < -0.4 is 15.8 Å². The molecule has 0 heterocycles. The van der Waals surface area contributed by atoms with Crippen molar-refractivity contribution in [1.29, 1.82) is 0 Å². The first-order valence-corrected chi connectivity index (χ1v) is 6.16. The van der Waals surface area contributed by atoms with Crippen molar-refractivity contribution >= 4 is 18.3 Å². The monoisotopic (exact) mass is 237 g/mol. The molecular weight excluding hydrogens is 218 g/mol. The minimum absolute atomic E-state index is 1.04. The second kappa shape index (κ2) is 5.09. The highest BCUT2D eigenvalue weighted by molar-refractivity contribution is 5.56. The van der Waals surface area contributed by atoms with Crippen LogP contribution in [0, 0.1) is 13.8 Å². The van der Waals surface area contributed by atoms with Crippen LogP contribution in [-0.2, 0) is 0 Å². The van der Waals surface area contributed by atoms with E-state index in [-0.39, 0.29) is 0 Å². The maximum Gasteiger partial charge on any atom is 0.0343 e. The standard InChI is InChI=1S/C17H19N/c1-12-5-6-15(13(2)9-12)11-16-7-8-17(18-4)10-14(16)3/h5-11,18H,3H2,1-2,4H3/b16-11-. The normalized spacial score (nSPS) is 11.6. The lowest BCUT2D eigenvalue weighted by molar-refractivity contribution is 1.36. The summed E-state index contributed by atoms with van der Waals surface area (Å²) >= 11 is 0.